The number of thiazole rings is 1. The molecule has 6 nitrogen and oxygen atoms in total. The maximum absolute atomic E-state index is 10.7. The Labute approximate surface area is 200 Å². The quantitative estimate of drug-likeness (QED) is 0.343. The SMILES string of the molecule is CC(C)Oc1ccc(-c2ncc(-c3cccc4c3CC[C@@H]4NCCCS(=O)[O-])s2)cc1C#N. The van der Waals surface area contributed by atoms with Gasteiger partial charge in [-0.3, -0.25) is 4.21 Å². The second-order valence-electron chi connectivity index (χ2n) is 8.30. The fraction of sp³-hybridized carbons (Fsp3) is 0.360. The summed E-state index contributed by atoms with van der Waals surface area (Å²) in [5.74, 6) is 0.780. The van der Waals surface area contributed by atoms with Crippen molar-refractivity contribution in [1.29, 1.82) is 5.26 Å². The van der Waals surface area contributed by atoms with Crippen molar-refractivity contribution in [2.75, 3.05) is 12.3 Å². The monoisotopic (exact) mass is 480 g/mol. The predicted octanol–water partition coefficient (Wildman–Crippen LogP) is 4.98. The smallest absolute Gasteiger partial charge is 0.137 e. The zero-order valence-corrected chi connectivity index (χ0v) is 20.3. The second-order valence-corrected chi connectivity index (χ2v) is 10.3. The molecule has 4 rings (SSSR count). The van der Waals surface area contributed by atoms with Crippen molar-refractivity contribution < 1.29 is 13.5 Å². The third kappa shape index (κ3) is 5.50. The summed E-state index contributed by atoms with van der Waals surface area (Å²) in [5.41, 5.74) is 5.22. The van der Waals surface area contributed by atoms with Crippen LogP contribution in [-0.4, -0.2) is 32.1 Å². The van der Waals surface area contributed by atoms with Crippen molar-refractivity contribution in [2.24, 2.45) is 0 Å². The zero-order valence-electron chi connectivity index (χ0n) is 18.7. The van der Waals surface area contributed by atoms with Crippen LogP contribution in [-0.2, 0) is 17.5 Å². The number of nitrogens with zero attached hydrogens (tertiary/aromatic N) is 2. The van der Waals surface area contributed by atoms with Crippen LogP contribution < -0.4 is 10.1 Å². The molecule has 1 aromatic heterocycles. The van der Waals surface area contributed by atoms with Gasteiger partial charge in [-0.15, -0.1) is 11.3 Å². The largest absolute Gasteiger partial charge is 0.772 e. The van der Waals surface area contributed by atoms with E-state index in [2.05, 4.69) is 34.6 Å². The molecule has 1 unspecified atom stereocenters. The Bertz CT molecular complexity index is 1200. The summed E-state index contributed by atoms with van der Waals surface area (Å²) >= 11 is -0.363. The lowest BCUT2D eigenvalue weighted by molar-refractivity contribution is 0.242. The van der Waals surface area contributed by atoms with Gasteiger partial charge in [0.1, 0.15) is 16.8 Å². The lowest BCUT2D eigenvalue weighted by Crippen LogP contribution is -2.21. The van der Waals surface area contributed by atoms with Crippen LogP contribution in [0.1, 0.15) is 49.4 Å². The van der Waals surface area contributed by atoms with E-state index in [9.17, 15) is 14.0 Å². The van der Waals surface area contributed by atoms with E-state index >= 15 is 0 Å². The Hall–Kier alpha value is -2.57. The van der Waals surface area contributed by atoms with Gasteiger partial charge in [-0.1, -0.05) is 29.3 Å². The van der Waals surface area contributed by atoms with Crippen molar-refractivity contribution in [3.63, 3.8) is 0 Å². The molecule has 0 fully saturated rings. The van der Waals surface area contributed by atoms with Crippen molar-refractivity contribution in [3.8, 4) is 32.8 Å². The fourth-order valence-corrected chi connectivity index (χ4v) is 5.55. The molecule has 172 valence electrons. The van der Waals surface area contributed by atoms with Crippen molar-refractivity contribution in [3.05, 3.63) is 59.3 Å². The minimum atomic E-state index is -1.98. The molecule has 0 spiro atoms. The highest BCUT2D eigenvalue weighted by atomic mass is 32.2. The van der Waals surface area contributed by atoms with Crippen LogP contribution in [0, 0.1) is 11.3 Å². The van der Waals surface area contributed by atoms with Gasteiger partial charge in [0.25, 0.3) is 0 Å². The average molecular weight is 481 g/mol. The van der Waals surface area contributed by atoms with Crippen molar-refractivity contribution in [2.45, 2.75) is 45.3 Å². The normalized spacial score (nSPS) is 15.9. The second kappa shape index (κ2) is 10.6. The molecule has 0 aliphatic heterocycles. The summed E-state index contributed by atoms with van der Waals surface area (Å²) in [6, 6.07) is 14.5. The number of aromatic nitrogens is 1. The molecule has 0 saturated heterocycles. The summed E-state index contributed by atoms with van der Waals surface area (Å²) in [7, 11) is 0. The third-order valence-electron chi connectivity index (χ3n) is 5.63. The molecule has 0 radical (unpaired) electrons. The summed E-state index contributed by atoms with van der Waals surface area (Å²) < 4.78 is 27.2. The van der Waals surface area contributed by atoms with E-state index in [1.54, 1.807) is 11.3 Å². The van der Waals surface area contributed by atoms with Gasteiger partial charge in [0.2, 0.25) is 0 Å². The number of rotatable bonds is 9. The first-order valence-corrected chi connectivity index (χ1v) is 13.1. The predicted molar refractivity (Wildman–Crippen MR) is 131 cm³/mol. The van der Waals surface area contributed by atoms with Crippen LogP contribution >= 0.6 is 11.3 Å². The van der Waals surface area contributed by atoms with Gasteiger partial charge in [0.05, 0.1) is 16.5 Å². The zero-order chi connectivity index (χ0) is 23.4. The maximum Gasteiger partial charge on any atom is 0.137 e. The third-order valence-corrected chi connectivity index (χ3v) is 7.33. The van der Waals surface area contributed by atoms with E-state index in [4.69, 9.17) is 4.74 Å². The number of hydrogen-bond acceptors (Lipinski definition) is 7. The molecule has 0 bridgehead atoms. The van der Waals surface area contributed by atoms with Gasteiger partial charge < -0.3 is 14.6 Å². The molecular weight excluding hydrogens is 454 g/mol. The highest BCUT2D eigenvalue weighted by molar-refractivity contribution is 7.79. The summed E-state index contributed by atoms with van der Waals surface area (Å²) in [6.45, 7) is 4.56. The molecule has 1 heterocycles. The molecular formula is C25H26N3O3S2-. The number of fused-ring (bicyclic) bond motifs is 1. The first kappa shape index (κ1) is 23.6. The van der Waals surface area contributed by atoms with Crippen LogP contribution in [0.25, 0.3) is 21.0 Å². The van der Waals surface area contributed by atoms with Gasteiger partial charge in [-0.25, -0.2) is 4.98 Å². The lowest BCUT2D eigenvalue weighted by Gasteiger charge is -2.15. The Kier molecular flexibility index (Phi) is 7.56. The first-order chi connectivity index (χ1) is 16.0. The fourth-order valence-electron chi connectivity index (χ4n) is 4.20. The summed E-state index contributed by atoms with van der Waals surface area (Å²) in [4.78, 5) is 5.75. The van der Waals surface area contributed by atoms with E-state index in [0.29, 0.717) is 24.3 Å². The Morgan fingerprint density at radius 1 is 1.36 bits per heavy atom. The standard InChI is InChI=1S/C25H27N3O3S2/c1-16(2)31-23-10-7-17(13-18(23)14-26)25-28-15-24(32-25)21-6-3-5-20-19(21)8-9-22(20)27-11-4-12-33(29)30/h3,5-7,10,13,15-16,22,27H,4,8-9,11-12H2,1-2H3,(H,29,30)/p-1/t22-/m0/s1. The van der Waals surface area contributed by atoms with Crippen LogP contribution in [0.5, 0.6) is 5.75 Å². The Balaban J connectivity index is 1.54. The van der Waals surface area contributed by atoms with Crippen LogP contribution in [0.15, 0.2) is 42.6 Å². The molecule has 1 aliphatic rings. The van der Waals surface area contributed by atoms with Crippen molar-refractivity contribution in [1.82, 2.24) is 10.3 Å². The van der Waals surface area contributed by atoms with Crippen LogP contribution in [0.2, 0.25) is 0 Å². The number of nitrogens with one attached hydrogen (secondary N) is 1. The molecule has 0 saturated carbocycles. The van der Waals surface area contributed by atoms with Crippen molar-refractivity contribution >= 4 is 22.4 Å². The molecule has 2 aromatic carbocycles. The van der Waals surface area contributed by atoms with E-state index in [0.717, 1.165) is 28.3 Å². The number of hydrogen-bond donors (Lipinski definition) is 1. The summed E-state index contributed by atoms with van der Waals surface area (Å²) in [6.07, 6.45) is 4.50. The number of nitriles is 1. The van der Waals surface area contributed by atoms with Gasteiger partial charge in [-0.05, 0) is 74.5 Å². The van der Waals surface area contributed by atoms with E-state index < -0.39 is 11.1 Å². The molecule has 8 heteroatoms. The van der Waals surface area contributed by atoms with Crippen LogP contribution in [0.3, 0.4) is 0 Å². The first-order valence-electron chi connectivity index (χ1n) is 11.0. The average Bonchev–Trinajstić information content (AvgIpc) is 3.44. The van der Waals surface area contributed by atoms with Gasteiger partial charge in [-0.2, -0.15) is 5.26 Å². The lowest BCUT2D eigenvalue weighted by atomic mass is 10.0. The van der Waals surface area contributed by atoms with Gasteiger partial charge in [0.15, 0.2) is 0 Å². The minimum absolute atomic E-state index is 0.00330. The molecule has 2 atom stereocenters. The molecule has 3 aromatic rings. The number of benzene rings is 2. The van der Waals surface area contributed by atoms with Gasteiger partial charge in [0, 0.05) is 23.6 Å². The van der Waals surface area contributed by atoms with E-state index in [-0.39, 0.29) is 17.9 Å². The Morgan fingerprint density at radius 2 is 2.21 bits per heavy atom. The summed E-state index contributed by atoms with van der Waals surface area (Å²) in [5, 5.41) is 13.9. The Morgan fingerprint density at radius 3 is 2.97 bits per heavy atom. The topological polar surface area (TPSA) is 98.1 Å². The van der Waals surface area contributed by atoms with Crippen LogP contribution in [0.4, 0.5) is 0 Å². The number of ether oxygens (including phenoxy) is 1. The maximum atomic E-state index is 10.7. The molecule has 33 heavy (non-hydrogen) atoms. The minimum Gasteiger partial charge on any atom is -0.772 e. The molecule has 1 N–H and O–H groups in total. The molecule has 1 aliphatic carbocycles. The van der Waals surface area contributed by atoms with Gasteiger partial charge >= 0.3 is 0 Å². The molecule has 0 amide bonds. The van der Waals surface area contributed by atoms with E-state index in [1.807, 2.05) is 38.2 Å². The highest BCUT2D eigenvalue weighted by Crippen LogP contribution is 2.41. The van der Waals surface area contributed by atoms with E-state index in [1.165, 1.54) is 16.7 Å². The highest BCUT2D eigenvalue weighted by Gasteiger charge is 2.25.